The second-order valence-electron chi connectivity index (χ2n) is 7.35. The van der Waals surface area contributed by atoms with Crippen molar-refractivity contribution < 1.29 is 27.5 Å². The van der Waals surface area contributed by atoms with E-state index in [4.69, 9.17) is 4.74 Å². The number of hydrogen-bond acceptors (Lipinski definition) is 6. The number of rotatable bonds is 5. The van der Waals surface area contributed by atoms with E-state index < -0.39 is 34.0 Å². The average Bonchev–Trinajstić information content (AvgIpc) is 2.94. The lowest BCUT2D eigenvalue weighted by atomic mass is 9.77. The SMILES string of the molecule is O=C(CN1C(=O)NC2(CCC2)C1=O)Nc1cccc(S(=O)(=O)N2CCOCC2)c1. The number of carbonyl (C=O) groups excluding carboxylic acids is 3. The predicted molar refractivity (Wildman–Crippen MR) is 101 cm³/mol. The Bertz CT molecular complexity index is 953. The predicted octanol–water partition coefficient (Wildman–Crippen LogP) is 0.120. The van der Waals surface area contributed by atoms with Crippen LogP contribution < -0.4 is 10.6 Å². The molecule has 0 radical (unpaired) electrons. The van der Waals surface area contributed by atoms with E-state index in [0.29, 0.717) is 26.1 Å². The minimum atomic E-state index is -3.70. The quantitative estimate of drug-likeness (QED) is 0.650. The molecule has 11 heteroatoms. The maximum absolute atomic E-state index is 12.8. The van der Waals surface area contributed by atoms with Crippen LogP contribution in [0, 0.1) is 0 Å². The van der Waals surface area contributed by atoms with Crippen LogP contribution in [0.5, 0.6) is 0 Å². The zero-order valence-corrected chi connectivity index (χ0v) is 16.5. The van der Waals surface area contributed by atoms with Crippen molar-refractivity contribution in [2.75, 3.05) is 38.2 Å². The molecule has 4 amide bonds. The highest BCUT2D eigenvalue weighted by Gasteiger charge is 2.54. The topological polar surface area (TPSA) is 125 Å². The number of sulfonamides is 1. The fraction of sp³-hybridized carbons (Fsp3) is 0.500. The summed E-state index contributed by atoms with van der Waals surface area (Å²) in [6, 6.07) is 5.32. The standard InChI is InChI=1S/C18H22N4O6S/c23-15(12-22-16(24)18(5-2-6-18)20-17(22)25)19-13-3-1-4-14(11-13)29(26,27)21-7-9-28-10-8-21/h1,3-4,11H,2,5-10,12H2,(H,19,23)(H,20,25). The highest BCUT2D eigenvalue weighted by molar-refractivity contribution is 7.89. The summed E-state index contributed by atoms with van der Waals surface area (Å²) in [7, 11) is -3.70. The largest absolute Gasteiger partial charge is 0.379 e. The molecule has 29 heavy (non-hydrogen) atoms. The van der Waals surface area contributed by atoms with E-state index in [1.807, 2.05) is 0 Å². The zero-order chi connectivity index (χ0) is 20.6. The molecule has 10 nitrogen and oxygen atoms in total. The summed E-state index contributed by atoms with van der Waals surface area (Å²) in [5, 5.41) is 5.23. The van der Waals surface area contributed by atoms with Crippen LogP contribution in [0.3, 0.4) is 0 Å². The Morgan fingerprint density at radius 2 is 1.93 bits per heavy atom. The zero-order valence-electron chi connectivity index (χ0n) is 15.7. The number of nitrogens with one attached hydrogen (secondary N) is 2. The van der Waals surface area contributed by atoms with Gasteiger partial charge in [0.1, 0.15) is 12.1 Å². The van der Waals surface area contributed by atoms with Crippen molar-refractivity contribution in [1.82, 2.24) is 14.5 Å². The fourth-order valence-electron chi connectivity index (χ4n) is 3.70. The molecular formula is C18H22N4O6S. The summed E-state index contributed by atoms with van der Waals surface area (Å²) in [4.78, 5) is 37.8. The molecular weight excluding hydrogens is 400 g/mol. The number of urea groups is 1. The second kappa shape index (κ2) is 7.39. The van der Waals surface area contributed by atoms with Gasteiger partial charge in [-0.25, -0.2) is 13.2 Å². The third-order valence-corrected chi connectivity index (χ3v) is 7.37. The molecule has 0 unspecified atom stereocenters. The summed E-state index contributed by atoms with van der Waals surface area (Å²) in [5.41, 5.74) is -0.571. The van der Waals surface area contributed by atoms with Crippen molar-refractivity contribution >= 4 is 33.6 Å². The smallest absolute Gasteiger partial charge is 0.325 e. The molecule has 2 heterocycles. The highest BCUT2D eigenvalue weighted by Crippen LogP contribution is 2.37. The van der Waals surface area contributed by atoms with Crippen LogP contribution >= 0.6 is 0 Å². The van der Waals surface area contributed by atoms with E-state index >= 15 is 0 Å². The minimum Gasteiger partial charge on any atom is -0.379 e. The number of ether oxygens (including phenoxy) is 1. The number of anilines is 1. The molecule has 2 saturated heterocycles. The van der Waals surface area contributed by atoms with Gasteiger partial charge in [-0.1, -0.05) is 6.07 Å². The first-order chi connectivity index (χ1) is 13.8. The van der Waals surface area contributed by atoms with Crippen LogP contribution in [0.15, 0.2) is 29.2 Å². The van der Waals surface area contributed by atoms with Crippen molar-refractivity contribution in [1.29, 1.82) is 0 Å². The minimum absolute atomic E-state index is 0.0561. The molecule has 1 aromatic carbocycles. The number of morpholine rings is 1. The van der Waals surface area contributed by atoms with E-state index in [1.54, 1.807) is 6.07 Å². The van der Waals surface area contributed by atoms with Gasteiger partial charge >= 0.3 is 6.03 Å². The summed E-state index contributed by atoms with van der Waals surface area (Å²) in [5.74, 6) is -0.960. The number of imide groups is 1. The van der Waals surface area contributed by atoms with Gasteiger partial charge in [0.2, 0.25) is 15.9 Å². The van der Waals surface area contributed by atoms with Crippen LogP contribution in [0.25, 0.3) is 0 Å². The Morgan fingerprint density at radius 3 is 2.55 bits per heavy atom. The van der Waals surface area contributed by atoms with Crippen molar-refractivity contribution in [3.63, 3.8) is 0 Å². The molecule has 2 N–H and O–H groups in total. The van der Waals surface area contributed by atoms with Crippen LogP contribution in [0.4, 0.5) is 10.5 Å². The first-order valence-corrected chi connectivity index (χ1v) is 10.9. The summed E-state index contributed by atoms with van der Waals surface area (Å²) in [6.07, 6.45) is 2.02. The first kappa shape index (κ1) is 19.8. The van der Waals surface area contributed by atoms with Gasteiger partial charge in [-0.15, -0.1) is 0 Å². The lowest BCUT2D eigenvalue weighted by Gasteiger charge is -2.34. The van der Waals surface area contributed by atoms with Crippen LogP contribution in [-0.2, 0) is 24.3 Å². The lowest BCUT2D eigenvalue weighted by molar-refractivity contribution is -0.136. The molecule has 4 rings (SSSR count). The molecule has 0 atom stereocenters. The van der Waals surface area contributed by atoms with Gasteiger partial charge < -0.3 is 15.4 Å². The molecule has 0 bridgehead atoms. The van der Waals surface area contributed by atoms with E-state index in [0.717, 1.165) is 11.3 Å². The Labute approximate surface area is 168 Å². The number of benzene rings is 1. The van der Waals surface area contributed by atoms with Crippen molar-refractivity contribution in [3.05, 3.63) is 24.3 Å². The van der Waals surface area contributed by atoms with E-state index in [1.165, 1.54) is 22.5 Å². The third-order valence-electron chi connectivity index (χ3n) is 5.48. The second-order valence-corrected chi connectivity index (χ2v) is 9.29. The average molecular weight is 422 g/mol. The normalized spacial score (nSPS) is 21.7. The molecule has 1 aliphatic carbocycles. The lowest BCUT2D eigenvalue weighted by Crippen LogP contribution is -2.52. The molecule has 0 aromatic heterocycles. The number of carbonyl (C=O) groups is 3. The third kappa shape index (κ3) is 3.61. The first-order valence-electron chi connectivity index (χ1n) is 9.44. The summed E-state index contributed by atoms with van der Waals surface area (Å²) in [6.45, 7) is 0.790. The van der Waals surface area contributed by atoms with E-state index in [9.17, 15) is 22.8 Å². The van der Waals surface area contributed by atoms with Crippen molar-refractivity contribution in [3.8, 4) is 0 Å². The maximum atomic E-state index is 12.8. The summed E-state index contributed by atoms with van der Waals surface area (Å²) < 4.78 is 32.0. The van der Waals surface area contributed by atoms with Gasteiger partial charge in [-0.2, -0.15) is 4.31 Å². The van der Waals surface area contributed by atoms with Gasteiger partial charge in [-0.3, -0.25) is 14.5 Å². The molecule has 1 aromatic rings. The summed E-state index contributed by atoms with van der Waals surface area (Å²) >= 11 is 0. The number of amides is 4. The number of nitrogens with zero attached hydrogens (tertiary/aromatic N) is 2. The van der Waals surface area contributed by atoms with Crippen LogP contribution in [0.1, 0.15) is 19.3 Å². The van der Waals surface area contributed by atoms with Gasteiger partial charge in [-0.05, 0) is 37.5 Å². The fourth-order valence-corrected chi connectivity index (χ4v) is 5.16. The number of hydrogen-bond donors (Lipinski definition) is 2. The van der Waals surface area contributed by atoms with E-state index in [-0.39, 0.29) is 29.6 Å². The maximum Gasteiger partial charge on any atom is 0.325 e. The van der Waals surface area contributed by atoms with Gasteiger partial charge in [0.25, 0.3) is 5.91 Å². The van der Waals surface area contributed by atoms with E-state index in [2.05, 4.69) is 10.6 Å². The Kier molecular flexibility index (Phi) is 5.05. The van der Waals surface area contributed by atoms with Crippen LogP contribution in [0.2, 0.25) is 0 Å². The molecule has 2 aliphatic heterocycles. The van der Waals surface area contributed by atoms with Gasteiger partial charge in [0.15, 0.2) is 0 Å². The molecule has 156 valence electrons. The highest BCUT2D eigenvalue weighted by atomic mass is 32.2. The molecule has 1 saturated carbocycles. The Morgan fingerprint density at radius 1 is 1.21 bits per heavy atom. The molecule has 3 aliphatic rings. The molecule has 3 fully saturated rings. The van der Waals surface area contributed by atoms with Crippen LogP contribution in [-0.4, -0.2) is 73.9 Å². The van der Waals surface area contributed by atoms with Gasteiger partial charge in [0.05, 0.1) is 18.1 Å². The van der Waals surface area contributed by atoms with Crippen molar-refractivity contribution in [2.45, 2.75) is 29.7 Å². The Balaban J connectivity index is 1.43. The monoisotopic (exact) mass is 422 g/mol. The Hall–Kier alpha value is -2.50. The van der Waals surface area contributed by atoms with Crippen molar-refractivity contribution in [2.24, 2.45) is 0 Å². The molecule has 1 spiro atoms. The van der Waals surface area contributed by atoms with Gasteiger partial charge in [0, 0.05) is 18.8 Å².